The van der Waals surface area contributed by atoms with Gasteiger partial charge in [0.1, 0.15) is 5.75 Å². The smallest absolute Gasteiger partial charge is 0.308 e. The summed E-state index contributed by atoms with van der Waals surface area (Å²) in [4.78, 5) is 13.8. The van der Waals surface area contributed by atoms with E-state index in [1.54, 1.807) is 19.2 Å². The van der Waals surface area contributed by atoms with Crippen molar-refractivity contribution in [3.63, 3.8) is 0 Å². The lowest BCUT2D eigenvalue weighted by molar-refractivity contribution is -0.141. The molecule has 1 heterocycles. The van der Waals surface area contributed by atoms with Gasteiger partial charge in [0, 0.05) is 35.1 Å². The number of carbonyl (C=O) groups is 1. The standard InChI is InChI=1S/C16H22ClNO3/c1-16(2,3)18-8-12(13(9-18)15(19)20)11-7-10(17)5-6-14(11)21-4/h5-7,12-13H,8-9H2,1-4H3,(H,19,20)/t12-,13+/m0/s1. The highest BCUT2D eigenvalue weighted by molar-refractivity contribution is 6.30. The lowest BCUT2D eigenvalue weighted by atomic mass is 9.88. The van der Waals surface area contributed by atoms with Crippen LogP contribution in [0.5, 0.6) is 5.75 Å². The van der Waals surface area contributed by atoms with E-state index in [1.807, 2.05) is 6.07 Å². The van der Waals surface area contributed by atoms with Crippen LogP contribution in [0.2, 0.25) is 5.02 Å². The van der Waals surface area contributed by atoms with Crippen LogP contribution in [0.3, 0.4) is 0 Å². The molecule has 1 aliphatic rings. The zero-order valence-electron chi connectivity index (χ0n) is 12.9. The Labute approximate surface area is 130 Å². The molecule has 2 rings (SSSR count). The minimum atomic E-state index is -0.770. The van der Waals surface area contributed by atoms with Crippen molar-refractivity contribution in [3.8, 4) is 5.75 Å². The summed E-state index contributed by atoms with van der Waals surface area (Å²) in [5.41, 5.74) is 0.818. The van der Waals surface area contributed by atoms with Gasteiger partial charge < -0.3 is 9.84 Å². The molecule has 0 unspecified atom stereocenters. The van der Waals surface area contributed by atoms with Gasteiger partial charge in [-0.05, 0) is 39.0 Å². The normalized spacial score (nSPS) is 23.3. The van der Waals surface area contributed by atoms with Crippen LogP contribution in [0.25, 0.3) is 0 Å². The number of carboxylic acid groups (broad SMARTS) is 1. The van der Waals surface area contributed by atoms with E-state index in [1.165, 1.54) is 0 Å². The van der Waals surface area contributed by atoms with Crippen LogP contribution in [-0.4, -0.2) is 41.7 Å². The Kier molecular flexibility index (Phi) is 4.49. The number of hydrogen-bond donors (Lipinski definition) is 1. The summed E-state index contributed by atoms with van der Waals surface area (Å²) >= 11 is 6.09. The Morgan fingerprint density at radius 2 is 2.05 bits per heavy atom. The Balaban J connectivity index is 2.41. The second-order valence-electron chi connectivity index (χ2n) is 6.51. The largest absolute Gasteiger partial charge is 0.496 e. The molecule has 0 aliphatic carbocycles. The van der Waals surface area contributed by atoms with Crippen LogP contribution < -0.4 is 4.74 Å². The number of rotatable bonds is 3. The molecule has 1 aliphatic heterocycles. The molecule has 0 amide bonds. The third-order valence-electron chi connectivity index (χ3n) is 4.18. The molecule has 116 valence electrons. The third kappa shape index (κ3) is 3.33. The predicted octanol–water partition coefficient (Wildman–Crippen LogP) is 3.25. The van der Waals surface area contributed by atoms with Crippen molar-refractivity contribution in [2.75, 3.05) is 20.2 Å². The van der Waals surface area contributed by atoms with Crippen molar-refractivity contribution in [2.45, 2.75) is 32.2 Å². The maximum absolute atomic E-state index is 11.6. The van der Waals surface area contributed by atoms with Crippen LogP contribution in [0.1, 0.15) is 32.3 Å². The molecule has 21 heavy (non-hydrogen) atoms. The maximum Gasteiger partial charge on any atom is 0.308 e. The fourth-order valence-corrected chi connectivity index (χ4v) is 3.09. The fourth-order valence-electron chi connectivity index (χ4n) is 2.91. The first kappa shape index (κ1) is 16.1. The van der Waals surface area contributed by atoms with E-state index in [4.69, 9.17) is 16.3 Å². The van der Waals surface area contributed by atoms with Crippen LogP contribution in [0.15, 0.2) is 18.2 Å². The summed E-state index contributed by atoms with van der Waals surface area (Å²) in [6.07, 6.45) is 0. The summed E-state index contributed by atoms with van der Waals surface area (Å²) < 4.78 is 5.39. The van der Waals surface area contributed by atoms with Gasteiger partial charge >= 0.3 is 5.97 Å². The van der Waals surface area contributed by atoms with E-state index in [0.717, 1.165) is 5.56 Å². The number of halogens is 1. The summed E-state index contributed by atoms with van der Waals surface area (Å²) in [5, 5.41) is 10.2. The van der Waals surface area contributed by atoms with Crippen LogP contribution in [0, 0.1) is 5.92 Å². The highest BCUT2D eigenvalue weighted by Gasteiger charge is 2.43. The van der Waals surface area contributed by atoms with E-state index >= 15 is 0 Å². The second kappa shape index (κ2) is 5.85. The van der Waals surface area contributed by atoms with Gasteiger partial charge in [-0.15, -0.1) is 0 Å². The van der Waals surface area contributed by atoms with E-state index in [9.17, 15) is 9.90 Å². The minimum absolute atomic E-state index is 0.0612. The van der Waals surface area contributed by atoms with E-state index in [-0.39, 0.29) is 11.5 Å². The zero-order valence-corrected chi connectivity index (χ0v) is 13.6. The third-order valence-corrected chi connectivity index (χ3v) is 4.41. The highest BCUT2D eigenvalue weighted by atomic mass is 35.5. The summed E-state index contributed by atoms with van der Waals surface area (Å²) in [7, 11) is 1.60. The molecule has 1 saturated heterocycles. The molecule has 4 nitrogen and oxygen atoms in total. The average Bonchev–Trinajstić information content (AvgIpc) is 2.83. The second-order valence-corrected chi connectivity index (χ2v) is 6.95. The Bertz CT molecular complexity index is 539. The van der Waals surface area contributed by atoms with Gasteiger partial charge in [-0.2, -0.15) is 0 Å². The number of likely N-dealkylation sites (tertiary alicyclic amines) is 1. The van der Waals surface area contributed by atoms with Gasteiger partial charge in [0.15, 0.2) is 0 Å². The first-order chi connectivity index (χ1) is 9.74. The number of carboxylic acids is 1. The van der Waals surface area contributed by atoms with Crippen LogP contribution in [-0.2, 0) is 4.79 Å². The first-order valence-electron chi connectivity index (χ1n) is 7.05. The predicted molar refractivity (Wildman–Crippen MR) is 83.2 cm³/mol. The van der Waals surface area contributed by atoms with Gasteiger partial charge in [-0.25, -0.2) is 0 Å². The van der Waals surface area contributed by atoms with Crippen molar-refractivity contribution < 1.29 is 14.6 Å². The topological polar surface area (TPSA) is 49.8 Å². The highest BCUT2D eigenvalue weighted by Crippen LogP contribution is 2.40. The monoisotopic (exact) mass is 311 g/mol. The summed E-state index contributed by atoms with van der Waals surface area (Å²) in [6, 6.07) is 5.39. The molecule has 1 aromatic carbocycles. The molecule has 0 bridgehead atoms. The number of methoxy groups -OCH3 is 1. The minimum Gasteiger partial charge on any atom is -0.496 e. The van der Waals surface area contributed by atoms with E-state index < -0.39 is 11.9 Å². The van der Waals surface area contributed by atoms with Gasteiger partial charge in [0.2, 0.25) is 0 Å². The maximum atomic E-state index is 11.6. The van der Waals surface area contributed by atoms with E-state index in [2.05, 4.69) is 25.7 Å². The number of nitrogens with zero attached hydrogens (tertiary/aromatic N) is 1. The molecule has 5 heteroatoms. The molecule has 1 aromatic rings. The van der Waals surface area contributed by atoms with Gasteiger partial charge in [-0.1, -0.05) is 11.6 Å². The zero-order chi connectivity index (χ0) is 15.8. The molecular formula is C16H22ClNO3. The van der Waals surface area contributed by atoms with Crippen molar-refractivity contribution >= 4 is 17.6 Å². The summed E-state index contributed by atoms with van der Waals surface area (Å²) in [6.45, 7) is 7.53. The summed E-state index contributed by atoms with van der Waals surface area (Å²) in [5.74, 6) is -0.632. The number of hydrogen-bond acceptors (Lipinski definition) is 3. The Morgan fingerprint density at radius 3 is 2.57 bits per heavy atom. The lowest BCUT2D eigenvalue weighted by Crippen LogP contribution is -2.40. The Hall–Kier alpha value is -1.26. The first-order valence-corrected chi connectivity index (χ1v) is 7.43. The van der Waals surface area contributed by atoms with Crippen molar-refractivity contribution in [3.05, 3.63) is 28.8 Å². The molecular weight excluding hydrogens is 290 g/mol. The molecule has 1 N–H and O–H groups in total. The van der Waals surface area contributed by atoms with Crippen molar-refractivity contribution in [1.29, 1.82) is 0 Å². The average molecular weight is 312 g/mol. The van der Waals surface area contributed by atoms with Crippen molar-refractivity contribution in [1.82, 2.24) is 4.90 Å². The molecule has 0 spiro atoms. The molecule has 0 saturated carbocycles. The van der Waals surface area contributed by atoms with Crippen LogP contribution in [0.4, 0.5) is 0 Å². The van der Waals surface area contributed by atoms with Crippen LogP contribution >= 0.6 is 11.6 Å². The molecule has 0 radical (unpaired) electrons. The van der Waals surface area contributed by atoms with Gasteiger partial charge in [-0.3, -0.25) is 9.69 Å². The molecule has 0 aromatic heterocycles. The van der Waals surface area contributed by atoms with E-state index in [0.29, 0.717) is 23.9 Å². The number of benzene rings is 1. The SMILES string of the molecule is COc1ccc(Cl)cc1[C@@H]1CN(C(C)(C)C)C[C@H]1C(=O)O. The number of aliphatic carboxylic acids is 1. The van der Waals surface area contributed by atoms with Gasteiger partial charge in [0.05, 0.1) is 13.0 Å². The van der Waals surface area contributed by atoms with Gasteiger partial charge in [0.25, 0.3) is 0 Å². The molecule has 2 atom stereocenters. The number of ether oxygens (including phenoxy) is 1. The molecule has 1 fully saturated rings. The lowest BCUT2D eigenvalue weighted by Gasteiger charge is -2.31. The quantitative estimate of drug-likeness (QED) is 0.931. The Morgan fingerprint density at radius 1 is 1.38 bits per heavy atom. The fraction of sp³-hybridized carbons (Fsp3) is 0.562. The van der Waals surface area contributed by atoms with Crippen molar-refractivity contribution in [2.24, 2.45) is 5.92 Å².